The minimum absolute atomic E-state index is 0.356. The summed E-state index contributed by atoms with van der Waals surface area (Å²) in [5, 5.41) is 8.50. The van der Waals surface area contributed by atoms with Gasteiger partial charge >= 0.3 is 0 Å². The third-order valence-corrected chi connectivity index (χ3v) is 1.50. The van der Waals surface area contributed by atoms with Crippen LogP contribution < -0.4 is 11.2 Å². The van der Waals surface area contributed by atoms with Crippen LogP contribution in [0.3, 0.4) is 0 Å². The van der Waals surface area contributed by atoms with Crippen LogP contribution in [0.1, 0.15) is 15.9 Å². The van der Waals surface area contributed by atoms with Crippen molar-refractivity contribution in [2.24, 2.45) is 5.73 Å². The first-order chi connectivity index (χ1) is 5.65. The van der Waals surface area contributed by atoms with E-state index >= 15 is 0 Å². The fourth-order valence-electron chi connectivity index (χ4n) is 0.904. The highest BCUT2D eigenvalue weighted by Crippen LogP contribution is 2.13. The summed E-state index contributed by atoms with van der Waals surface area (Å²) in [5.74, 6) is -0.524. The molecule has 4 N–H and O–H groups in total. The van der Waals surface area contributed by atoms with Crippen LogP contribution >= 0.6 is 0 Å². The monoisotopic (exact) mass is 165 g/mol. The predicted octanol–water partition coefficient (Wildman–Crippen LogP) is 0.769. The molecular weight excluding hydrogens is 156 g/mol. The molecule has 1 amide bonds. The molecule has 0 atom stereocenters. The first-order valence-electron chi connectivity index (χ1n) is 3.31. The Balaban J connectivity index is 3.12. The average molecular weight is 165 g/mol. The standard InChI is InChI=1S/C8H9N2O2/c1-5-4-6(10-12)2-3-7(5)8(9)11/h2-4,10,12H,1H2,(H2,9,11). The zero-order valence-corrected chi connectivity index (χ0v) is 6.37. The van der Waals surface area contributed by atoms with Crippen LogP contribution in [0.15, 0.2) is 18.2 Å². The summed E-state index contributed by atoms with van der Waals surface area (Å²) in [4.78, 5) is 10.7. The Kier molecular flexibility index (Phi) is 2.30. The molecule has 0 heterocycles. The fourth-order valence-corrected chi connectivity index (χ4v) is 0.904. The average Bonchev–Trinajstić information content (AvgIpc) is 2.03. The Morgan fingerprint density at radius 2 is 2.25 bits per heavy atom. The highest BCUT2D eigenvalue weighted by Gasteiger charge is 2.04. The van der Waals surface area contributed by atoms with Gasteiger partial charge in [-0.3, -0.25) is 15.5 Å². The van der Waals surface area contributed by atoms with E-state index in [1.807, 2.05) is 5.48 Å². The molecule has 4 nitrogen and oxygen atoms in total. The number of benzene rings is 1. The Morgan fingerprint density at radius 3 is 2.67 bits per heavy atom. The molecule has 0 saturated heterocycles. The van der Waals surface area contributed by atoms with E-state index in [0.717, 1.165) is 0 Å². The van der Waals surface area contributed by atoms with E-state index in [0.29, 0.717) is 16.8 Å². The molecule has 0 fully saturated rings. The van der Waals surface area contributed by atoms with E-state index in [-0.39, 0.29) is 0 Å². The molecule has 0 aliphatic carbocycles. The highest BCUT2D eigenvalue weighted by molar-refractivity contribution is 5.95. The van der Waals surface area contributed by atoms with Gasteiger partial charge in [-0.2, -0.15) is 0 Å². The lowest BCUT2D eigenvalue weighted by molar-refractivity contribution is 0.1000. The Labute approximate surface area is 70.0 Å². The lowest BCUT2D eigenvalue weighted by Crippen LogP contribution is -2.12. The lowest BCUT2D eigenvalue weighted by atomic mass is 10.1. The van der Waals surface area contributed by atoms with Crippen molar-refractivity contribution in [3.8, 4) is 0 Å². The Bertz CT molecular complexity index is 310. The van der Waals surface area contributed by atoms with Crippen molar-refractivity contribution >= 4 is 11.6 Å². The van der Waals surface area contributed by atoms with Crippen LogP contribution in [0, 0.1) is 6.92 Å². The molecule has 1 radical (unpaired) electrons. The number of rotatable bonds is 2. The molecule has 4 heteroatoms. The van der Waals surface area contributed by atoms with Crippen LogP contribution in [-0.4, -0.2) is 11.1 Å². The molecule has 0 aromatic heterocycles. The van der Waals surface area contributed by atoms with Gasteiger partial charge in [-0.1, -0.05) is 0 Å². The number of carbonyl (C=O) groups excluding carboxylic acids is 1. The fraction of sp³-hybridized carbons (Fsp3) is 0. The highest BCUT2D eigenvalue weighted by atomic mass is 16.5. The Hall–Kier alpha value is -1.55. The van der Waals surface area contributed by atoms with Crippen molar-refractivity contribution in [1.82, 2.24) is 0 Å². The molecule has 0 bridgehead atoms. The maximum atomic E-state index is 10.7. The summed E-state index contributed by atoms with van der Waals surface area (Å²) in [6.45, 7) is 3.60. The Morgan fingerprint density at radius 1 is 1.58 bits per heavy atom. The molecular formula is C8H9N2O2. The molecule has 1 rings (SSSR count). The van der Waals surface area contributed by atoms with E-state index in [2.05, 4.69) is 6.92 Å². The molecule has 0 saturated carbocycles. The number of hydrogen-bond acceptors (Lipinski definition) is 3. The SMILES string of the molecule is [CH2]c1cc(NO)ccc1C(N)=O. The number of anilines is 1. The summed E-state index contributed by atoms with van der Waals surface area (Å²) in [7, 11) is 0. The zero-order chi connectivity index (χ0) is 9.14. The quantitative estimate of drug-likeness (QED) is 0.566. The van der Waals surface area contributed by atoms with Gasteiger partial charge < -0.3 is 5.73 Å². The van der Waals surface area contributed by atoms with Crippen LogP contribution in [0.4, 0.5) is 5.69 Å². The van der Waals surface area contributed by atoms with Gasteiger partial charge in [0.1, 0.15) is 0 Å². The van der Waals surface area contributed by atoms with E-state index in [1.54, 1.807) is 0 Å². The van der Waals surface area contributed by atoms with Crippen LogP contribution in [0.5, 0.6) is 0 Å². The van der Waals surface area contributed by atoms with Gasteiger partial charge in [0.25, 0.3) is 0 Å². The van der Waals surface area contributed by atoms with Gasteiger partial charge in [0.2, 0.25) is 5.91 Å². The number of carbonyl (C=O) groups is 1. The van der Waals surface area contributed by atoms with E-state index in [4.69, 9.17) is 10.9 Å². The maximum absolute atomic E-state index is 10.7. The van der Waals surface area contributed by atoms with Crippen molar-refractivity contribution in [3.05, 3.63) is 36.2 Å². The van der Waals surface area contributed by atoms with Gasteiger partial charge in [-0.25, -0.2) is 0 Å². The smallest absolute Gasteiger partial charge is 0.248 e. The van der Waals surface area contributed by atoms with Gasteiger partial charge in [-0.05, 0) is 30.7 Å². The van der Waals surface area contributed by atoms with Gasteiger partial charge in [-0.15, -0.1) is 0 Å². The molecule has 63 valence electrons. The largest absolute Gasteiger partial charge is 0.366 e. The third kappa shape index (κ3) is 1.54. The molecule has 0 aliphatic rings. The predicted molar refractivity (Wildman–Crippen MR) is 44.8 cm³/mol. The topological polar surface area (TPSA) is 75.3 Å². The van der Waals surface area contributed by atoms with Crippen molar-refractivity contribution in [2.75, 3.05) is 5.48 Å². The van der Waals surface area contributed by atoms with Crippen molar-refractivity contribution in [1.29, 1.82) is 0 Å². The summed E-state index contributed by atoms with van der Waals surface area (Å²) in [6.07, 6.45) is 0. The molecule has 0 aliphatic heterocycles. The van der Waals surface area contributed by atoms with Crippen LogP contribution in [0.2, 0.25) is 0 Å². The van der Waals surface area contributed by atoms with E-state index in [1.165, 1.54) is 18.2 Å². The van der Waals surface area contributed by atoms with Crippen LogP contribution in [-0.2, 0) is 0 Å². The van der Waals surface area contributed by atoms with Gasteiger partial charge in [0, 0.05) is 5.56 Å². The zero-order valence-electron chi connectivity index (χ0n) is 6.37. The number of primary amides is 1. The normalized spacial score (nSPS) is 9.50. The summed E-state index contributed by atoms with van der Waals surface area (Å²) >= 11 is 0. The van der Waals surface area contributed by atoms with Crippen molar-refractivity contribution in [2.45, 2.75) is 0 Å². The minimum Gasteiger partial charge on any atom is -0.366 e. The molecule has 12 heavy (non-hydrogen) atoms. The summed E-state index contributed by atoms with van der Waals surface area (Å²) in [5.41, 5.74) is 8.31. The lowest BCUT2D eigenvalue weighted by Gasteiger charge is -2.03. The molecule has 1 aromatic carbocycles. The van der Waals surface area contributed by atoms with E-state index < -0.39 is 5.91 Å². The molecule has 1 aromatic rings. The van der Waals surface area contributed by atoms with Crippen molar-refractivity contribution in [3.63, 3.8) is 0 Å². The second kappa shape index (κ2) is 3.23. The third-order valence-electron chi connectivity index (χ3n) is 1.50. The van der Waals surface area contributed by atoms with Gasteiger partial charge in [0.15, 0.2) is 0 Å². The van der Waals surface area contributed by atoms with Crippen LogP contribution in [0.25, 0.3) is 0 Å². The number of nitrogens with one attached hydrogen (secondary N) is 1. The van der Waals surface area contributed by atoms with E-state index in [9.17, 15) is 4.79 Å². The minimum atomic E-state index is -0.524. The first-order valence-corrected chi connectivity index (χ1v) is 3.31. The first kappa shape index (κ1) is 8.55. The second-order valence-corrected chi connectivity index (χ2v) is 2.35. The summed E-state index contributed by atoms with van der Waals surface area (Å²) < 4.78 is 0. The number of amides is 1. The molecule has 0 unspecified atom stereocenters. The maximum Gasteiger partial charge on any atom is 0.248 e. The second-order valence-electron chi connectivity index (χ2n) is 2.35. The summed E-state index contributed by atoms with van der Waals surface area (Å²) in [6, 6.07) is 4.57. The van der Waals surface area contributed by atoms with Gasteiger partial charge in [0.05, 0.1) is 5.69 Å². The number of hydrogen-bond donors (Lipinski definition) is 3. The van der Waals surface area contributed by atoms with Crippen molar-refractivity contribution < 1.29 is 10.0 Å². The number of nitrogens with two attached hydrogens (primary N) is 1. The molecule has 0 spiro atoms.